The summed E-state index contributed by atoms with van der Waals surface area (Å²) in [5.74, 6) is -1.35. The average molecular weight is 317 g/mol. The number of hydrogen-bond acceptors (Lipinski definition) is 4. The average Bonchev–Trinajstić information content (AvgIpc) is 2.42. The minimum Gasteiger partial charge on any atom is -0.465 e. The summed E-state index contributed by atoms with van der Waals surface area (Å²) < 4.78 is 23.3. The van der Waals surface area contributed by atoms with E-state index in [4.69, 9.17) is 21.1 Å². The van der Waals surface area contributed by atoms with Gasteiger partial charge in [-0.1, -0.05) is 31.5 Å². The zero-order chi connectivity index (χ0) is 15.8. The van der Waals surface area contributed by atoms with Crippen molar-refractivity contribution in [2.75, 3.05) is 6.61 Å². The lowest BCUT2D eigenvalue weighted by Gasteiger charge is -2.08. The van der Waals surface area contributed by atoms with Crippen molar-refractivity contribution in [1.29, 1.82) is 0 Å². The van der Waals surface area contributed by atoms with E-state index in [9.17, 15) is 14.0 Å². The van der Waals surface area contributed by atoms with Gasteiger partial charge in [0.25, 0.3) is 0 Å². The molecule has 21 heavy (non-hydrogen) atoms. The summed E-state index contributed by atoms with van der Waals surface area (Å²) in [5.41, 5.74) is 0.120. The van der Waals surface area contributed by atoms with Crippen molar-refractivity contribution in [3.05, 3.63) is 34.6 Å². The topological polar surface area (TPSA) is 52.6 Å². The van der Waals surface area contributed by atoms with Crippen LogP contribution in [0.3, 0.4) is 0 Å². The summed E-state index contributed by atoms with van der Waals surface area (Å²) in [7, 11) is 0. The Morgan fingerprint density at radius 1 is 1.19 bits per heavy atom. The van der Waals surface area contributed by atoms with Crippen molar-refractivity contribution in [2.24, 2.45) is 5.92 Å². The molecule has 0 saturated heterocycles. The SMILES string of the molecule is CC(C)COC(=O)CCC(=O)OCc1c(F)cccc1Cl. The number of rotatable bonds is 7. The summed E-state index contributed by atoms with van der Waals surface area (Å²) in [6, 6.07) is 4.21. The smallest absolute Gasteiger partial charge is 0.306 e. The maximum atomic E-state index is 13.4. The third-order valence-electron chi connectivity index (χ3n) is 2.55. The van der Waals surface area contributed by atoms with Crippen molar-refractivity contribution < 1.29 is 23.5 Å². The molecule has 0 saturated carbocycles. The fourth-order valence-electron chi connectivity index (χ4n) is 1.43. The molecule has 1 aromatic carbocycles. The van der Waals surface area contributed by atoms with Crippen LogP contribution < -0.4 is 0 Å². The zero-order valence-electron chi connectivity index (χ0n) is 12.0. The van der Waals surface area contributed by atoms with Crippen LogP contribution in [0.15, 0.2) is 18.2 Å². The molecule has 0 aliphatic rings. The third kappa shape index (κ3) is 6.58. The Morgan fingerprint density at radius 3 is 2.38 bits per heavy atom. The maximum Gasteiger partial charge on any atom is 0.306 e. The number of benzene rings is 1. The van der Waals surface area contributed by atoms with Gasteiger partial charge in [0.15, 0.2) is 0 Å². The van der Waals surface area contributed by atoms with Gasteiger partial charge in [0.2, 0.25) is 0 Å². The van der Waals surface area contributed by atoms with Crippen LogP contribution in [0.5, 0.6) is 0 Å². The summed E-state index contributed by atoms with van der Waals surface area (Å²) in [4.78, 5) is 22.8. The highest BCUT2D eigenvalue weighted by Gasteiger charge is 2.12. The van der Waals surface area contributed by atoms with Crippen LogP contribution in [0.2, 0.25) is 5.02 Å². The van der Waals surface area contributed by atoms with Crippen molar-refractivity contribution >= 4 is 23.5 Å². The number of carbonyl (C=O) groups excluding carboxylic acids is 2. The highest BCUT2D eigenvalue weighted by molar-refractivity contribution is 6.31. The highest BCUT2D eigenvalue weighted by atomic mass is 35.5. The van der Waals surface area contributed by atoms with Gasteiger partial charge in [0, 0.05) is 5.56 Å². The van der Waals surface area contributed by atoms with Gasteiger partial charge < -0.3 is 9.47 Å². The van der Waals surface area contributed by atoms with Gasteiger partial charge in [-0.15, -0.1) is 0 Å². The second-order valence-corrected chi connectivity index (χ2v) is 5.34. The first-order valence-corrected chi connectivity index (χ1v) is 7.02. The van der Waals surface area contributed by atoms with Crippen LogP contribution >= 0.6 is 11.6 Å². The van der Waals surface area contributed by atoms with E-state index in [-0.39, 0.29) is 36.0 Å². The van der Waals surface area contributed by atoms with Gasteiger partial charge in [0.05, 0.1) is 24.5 Å². The fourth-order valence-corrected chi connectivity index (χ4v) is 1.65. The molecule has 116 valence electrons. The molecule has 1 rings (SSSR count). The van der Waals surface area contributed by atoms with E-state index in [1.165, 1.54) is 18.2 Å². The van der Waals surface area contributed by atoms with Gasteiger partial charge in [-0.2, -0.15) is 0 Å². The van der Waals surface area contributed by atoms with Crippen LogP contribution in [-0.4, -0.2) is 18.5 Å². The molecule has 0 radical (unpaired) electrons. The van der Waals surface area contributed by atoms with Crippen LogP contribution in [0.4, 0.5) is 4.39 Å². The molecule has 4 nitrogen and oxygen atoms in total. The Balaban J connectivity index is 2.33. The second-order valence-electron chi connectivity index (χ2n) is 4.94. The molecule has 0 atom stereocenters. The van der Waals surface area contributed by atoms with Crippen molar-refractivity contribution in [3.8, 4) is 0 Å². The van der Waals surface area contributed by atoms with E-state index in [2.05, 4.69) is 0 Å². The molecule has 0 amide bonds. The van der Waals surface area contributed by atoms with E-state index in [0.717, 1.165) is 0 Å². The lowest BCUT2D eigenvalue weighted by Crippen LogP contribution is -2.13. The highest BCUT2D eigenvalue weighted by Crippen LogP contribution is 2.19. The normalized spacial score (nSPS) is 10.5. The number of hydrogen-bond donors (Lipinski definition) is 0. The first-order chi connectivity index (χ1) is 9.90. The van der Waals surface area contributed by atoms with Gasteiger partial charge in [-0.05, 0) is 18.1 Å². The molecule has 0 aliphatic carbocycles. The molecule has 0 unspecified atom stereocenters. The molecule has 0 fully saturated rings. The molecule has 0 aromatic heterocycles. The molecule has 0 bridgehead atoms. The van der Waals surface area contributed by atoms with Crippen LogP contribution in [0.1, 0.15) is 32.3 Å². The Bertz CT molecular complexity index is 482. The lowest BCUT2D eigenvalue weighted by molar-refractivity contribution is -0.151. The van der Waals surface area contributed by atoms with Gasteiger partial charge in [-0.3, -0.25) is 9.59 Å². The molecular formula is C15H18ClFO4. The Morgan fingerprint density at radius 2 is 1.81 bits per heavy atom. The summed E-state index contributed by atoms with van der Waals surface area (Å²) in [5, 5.41) is 0.194. The Hall–Kier alpha value is -1.62. The molecule has 0 N–H and O–H groups in total. The van der Waals surface area contributed by atoms with E-state index >= 15 is 0 Å². The van der Waals surface area contributed by atoms with Gasteiger partial charge in [-0.25, -0.2) is 4.39 Å². The predicted molar refractivity (Wildman–Crippen MR) is 76.2 cm³/mol. The molecular weight excluding hydrogens is 299 g/mol. The van der Waals surface area contributed by atoms with Crippen molar-refractivity contribution in [2.45, 2.75) is 33.3 Å². The maximum absolute atomic E-state index is 13.4. The molecule has 6 heteroatoms. The monoisotopic (exact) mass is 316 g/mol. The Labute approximate surface area is 128 Å². The van der Waals surface area contributed by atoms with Crippen molar-refractivity contribution in [1.82, 2.24) is 0 Å². The molecule has 0 aliphatic heterocycles. The minimum absolute atomic E-state index is 0.0590. The van der Waals surface area contributed by atoms with E-state index < -0.39 is 17.8 Å². The Kier molecular flexibility index (Phi) is 7.15. The summed E-state index contributed by atoms with van der Waals surface area (Å²) >= 11 is 5.81. The number of halogens is 2. The zero-order valence-corrected chi connectivity index (χ0v) is 12.8. The largest absolute Gasteiger partial charge is 0.465 e. The van der Waals surface area contributed by atoms with Gasteiger partial charge in [0.1, 0.15) is 12.4 Å². The van der Waals surface area contributed by atoms with Crippen LogP contribution in [0.25, 0.3) is 0 Å². The van der Waals surface area contributed by atoms with Crippen LogP contribution in [0, 0.1) is 11.7 Å². The first-order valence-electron chi connectivity index (χ1n) is 6.64. The van der Waals surface area contributed by atoms with Gasteiger partial charge >= 0.3 is 11.9 Å². The second kappa shape index (κ2) is 8.62. The number of esters is 2. The molecule has 0 heterocycles. The van der Waals surface area contributed by atoms with Crippen molar-refractivity contribution in [3.63, 3.8) is 0 Å². The lowest BCUT2D eigenvalue weighted by atomic mass is 10.2. The minimum atomic E-state index is -0.601. The number of ether oxygens (including phenoxy) is 2. The summed E-state index contributed by atoms with van der Waals surface area (Å²) in [6.07, 6.45) is -0.167. The standard InChI is InChI=1S/C15H18ClFO4/c1-10(2)8-20-14(18)6-7-15(19)21-9-11-12(16)4-3-5-13(11)17/h3-5,10H,6-9H2,1-2H3. The fraction of sp³-hybridized carbons (Fsp3) is 0.467. The predicted octanol–water partition coefficient (Wildman–Crippen LogP) is 3.50. The quantitative estimate of drug-likeness (QED) is 0.722. The van der Waals surface area contributed by atoms with Crippen LogP contribution in [-0.2, 0) is 25.7 Å². The molecule has 0 spiro atoms. The van der Waals surface area contributed by atoms with E-state index in [1.807, 2.05) is 13.8 Å². The first kappa shape index (κ1) is 17.4. The van der Waals surface area contributed by atoms with E-state index in [0.29, 0.717) is 6.61 Å². The summed E-state index contributed by atoms with van der Waals surface area (Å²) in [6.45, 7) is 3.89. The third-order valence-corrected chi connectivity index (χ3v) is 2.90. The number of carbonyl (C=O) groups is 2. The molecule has 1 aromatic rings. The van der Waals surface area contributed by atoms with E-state index in [1.54, 1.807) is 0 Å².